The maximum absolute atomic E-state index is 12.6. The van der Waals surface area contributed by atoms with Gasteiger partial charge in [-0.2, -0.15) is 0 Å². The van der Waals surface area contributed by atoms with E-state index in [0.29, 0.717) is 25.9 Å². The number of rotatable bonds is 3. The molecule has 25 heavy (non-hydrogen) atoms. The molecular weight excluding hydrogens is 316 g/mol. The number of aryl methyl sites for hydroxylation is 1. The number of nitrogens with zero attached hydrogens (tertiary/aromatic N) is 4. The van der Waals surface area contributed by atoms with E-state index in [1.807, 2.05) is 51.8 Å². The van der Waals surface area contributed by atoms with Crippen molar-refractivity contribution in [1.82, 2.24) is 19.2 Å². The van der Waals surface area contributed by atoms with Gasteiger partial charge in [-0.3, -0.25) is 9.59 Å². The first-order valence-electron chi connectivity index (χ1n) is 9.03. The molecule has 0 aromatic carbocycles. The predicted molar refractivity (Wildman–Crippen MR) is 94.0 cm³/mol. The maximum atomic E-state index is 12.6. The molecule has 0 N–H and O–H groups in total. The molecule has 2 aromatic heterocycles. The molecule has 4 heterocycles. The van der Waals surface area contributed by atoms with Crippen LogP contribution in [0.4, 0.5) is 0 Å². The number of aromatic nitrogens is 2. The molecule has 1 atom stereocenters. The minimum Gasteiger partial charge on any atom is -0.345 e. The van der Waals surface area contributed by atoms with Gasteiger partial charge >= 0.3 is 0 Å². The Morgan fingerprint density at radius 1 is 1.28 bits per heavy atom. The standard InChI is InChI=1S/C19H24N4O2/c1-21-10-4-8-19(18(21)25)9-12-23(14-19)17(24)7-6-15-13-22-11-3-2-5-16(22)20-15/h2-3,5,11,13H,4,6-10,12,14H2,1H3/t19-/m1/s1. The SMILES string of the molecule is CN1CCC[C@]2(CCN(C(=O)CCc3cn4ccccc4n3)C2)C1=O. The number of fused-ring (bicyclic) bond motifs is 1. The fraction of sp³-hybridized carbons (Fsp3) is 0.526. The lowest BCUT2D eigenvalue weighted by atomic mass is 9.78. The molecule has 2 aliphatic rings. The highest BCUT2D eigenvalue weighted by molar-refractivity contribution is 5.86. The number of carbonyl (C=O) groups excluding carboxylic acids is 2. The molecule has 0 aliphatic carbocycles. The second kappa shape index (κ2) is 6.17. The lowest BCUT2D eigenvalue weighted by Gasteiger charge is -2.37. The average Bonchev–Trinajstić information content (AvgIpc) is 3.22. The Bertz CT molecular complexity index is 782. The van der Waals surface area contributed by atoms with Crippen molar-refractivity contribution in [2.24, 2.45) is 5.41 Å². The summed E-state index contributed by atoms with van der Waals surface area (Å²) in [6.45, 7) is 2.12. The third-order valence-electron chi connectivity index (χ3n) is 5.66. The summed E-state index contributed by atoms with van der Waals surface area (Å²) < 4.78 is 1.97. The van der Waals surface area contributed by atoms with Gasteiger partial charge in [0.1, 0.15) is 5.65 Å². The zero-order valence-electron chi connectivity index (χ0n) is 14.6. The van der Waals surface area contributed by atoms with Crippen LogP contribution in [0.15, 0.2) is 30.6 Å². The number of hydrogen-bond acceptors (Lipinski definition) is 3. The quantitative estimate of drug-likeness (QED) is 0.855. The van der Waals surface area contributed by atoms with Crippen LogP contribution in [0.25, 0.3) is 5.65 Å². The van der Waals surface area contributed by atoms with Crippen molar-refractivity contribution >= 4 is 17.5 Å². The van der Waals surface area contributed by atoms with Crippen molar-refractivity contribution < 1.29 is 9.59 Å². The summed E-state index contributed by atoms with van der Waals surface area (Å²) in [5, 5.41) is 0. The van der Waals surface area contributed by atoms with E-state index in [-0.39, 0.29) is 17.2 Å². The lowest BCUT2D eigenvalue weighted by molar-refractivity contribution is -0.144. The Morgan fingerprint density at radius 2 is 2.16 bits per heavy atom. The predicted octanol–water partition coefficient (Wildman–Crippen LogP) is 1.74. The largest absolute Gasteiger partial charge is 0.345 e. The Kier molecular flexibility index (Phi) is 3.98. The number of pyridine rings is 1. The Balaban J connectivity index is 1.38. The first-order valence-corrected chi connectivity index (χ1v) is 9.03. The number of carbonyl (C=O) groups is 2. The van der Waals surface area contributed by atoms with Crippen LogP contribution in [0.2, 0.25) is 0 Å². The third kappa shape index (κ3) is 2.90. The zero-order valence-corrected chi connectivity index (χ0v) is 14.6. The number of imidazole rings is 1. The molecule has 0 unspecified atom stereocenters. The van der Waals surface area contributed by atoms with Crippen molar-refractivity contribution in [1.29, 1.82) is 0 Å². The van der Waals surface area contributed by atoms with Gasteiger partial charge in [0.05, 0.1) is 11.1 Å². The van der Waals surface area contributed by atoms with Crippen molar-refractivity contribution in [3.63, 3.8) is 0 Å². The van der Waals surface area contributed by atoms with E-state index in [1.165, 1.54) is 0 Å². The molecule has 132 valence electrons. The number of piperidine rings is 1. The van der Waals surface area contributed by atoms with Crippen molar-refractivity contribution in [3.05, 3.63) is 36.3 Å². The zero-order chi connectivity index (χ0) is 17.4. The van der Waals surface area contributed by atoms with Gasteiger partial charge < -0.3 is 14.2 Å². The van der Waals surface area contributed by atoms with Crippen molar-refractivity contribution in [2.75, 3.05) is 26.7 Å². The van der Waals surface area contributed by atoms with E-state index in [2.05, 4.69) is 4.98 Å². The second-order valence-electron chi connectivity index (χ2n) is 7.37. The number of hydrogen-bond donors (Lipinski definition) is 0. The van der Waals surface area contributed by atoms with Crippen LogP contribution in [-0.2, 0) is 16.0 Å². The van der Waals surface area contributed by atoms with E-state index in [0.717, 1.165) is 37.1 Å². The second-order valence-corrected chi connectivity index (χ2v) is 7.37. The molecule has 0 saturated carbocycles. The first kappa shape index (κ1) is 16.1. The van der Waals surface area contributed by atoms with E-state index < -0.39 is 0 Å². The molecule has 6 heteroatoms. The minimum atomic E-state index is -0.328. The van der Waals surface area contributed by atoms with Crippen molar-refractivity contribution in [3.8, 4) is 0 Å². The van der Waals surface area contributed by atoms with Crippen molar-refractivity contribution in [2.45, 2.75) is 32.1 Å². The topological polar surface area (TPSA) is 57.9 Å². The minimum absolute atomic E-state index is 0.134. The summed E-state index contributed by atoms with van der Waals surface area (Å²) in [6.07, 6.45) is 7.77. The third-order valence-corrected chi connectivity index (χ3v) is 5.66. The molecule has 1 spiro atoms. The average molecular weight is 340 g/mol. The van der Waals surface area contributed by atoms with Crippen LogP contribution in [0.1, 0.15) is 31.4 Å². The molecule has 2 amide bonds. The maximum Gasteiger partial charge on any atom is 0.230 e. The smallest absolute Gasteiger partial charge is 0.230 e. The molecule has 2 aliphatic heterocycles. The van der Waals surface area contributed by atoms with Crippen LogP contribution >= 0.6 is 0 Å². The summed E-state index contributed by atoms with van der Waals surface area (Å²) >= 11 is 0. The molecular formula is C19H24N4O2. The highest BCUT2D eigenvalue weighted by Gasteiger charge is 2.48. The first-order chi connectivity index (χ1) is 12.1. The molecule has 2 fully saturated rings. The van der Waals surface area contributed by atoms with E-state index in [9.17, 15) is 9.59 Å². The van der Waals surface area contributed by atoms with Crippen LogP contribution in [0, 0.1) is 5.41 Å². The highest BCUT2D eigenvalue weighted by atomic mass is 16.2. The Labute approximate surface area is 147 Å². The fourth-order valence-corrected chi connectivity index (χ4v) is 4.23. The summed E-state index contributed by atoms with van der Waals surface area (Å²) in [6, 6.07) is 5.88. The number of amides is 2. The fourth-order valence-electron chi connectivity index (χ4n) is 4.23. The van der Waals surface area contributed by atoms with Gasteiger partial charge in [0.25, 0.3) is 0 Å². The molecule has 0 radical (unpaired) electrons. The van der Waals surface area contributed by atoms with Gasteiger partial charge in [-0.1, -0.05) is 6.07 Å². The summed E-state index contributed by atoms with van der Waals surface area (Å²) in [5.41, 5.74) is 1.51. The van der Waals surface area contributed by atoms with Gasteiger partial charge in [0.2, 0.25) is 11.8 Å². The Morgan fingerprint density at radius 3 is 3.00 bits per heavy atom. The highest BCUT2D eigenvalue weighted by Crippen LogP contribution is 2.39. The molecule has 2 saturated heterocycles. The monoisotopic (exact) mass is 340 g/mol. The summed E-state index contributed by atoms with van der Waals surface area (Å²) in [4.78, 5) is 33.4. The van der Waals surface area contributed by atoms with Gasteiger partial charge in [-0.05, 0) is 37.8 Å². The summed E-state index contributed by atoms with van der Waals surface area (Å²) in [5.74, 6) is 0.351. The van der Waals surface area contributed by atoms with E-state index >= 15 is 0 Å². The number of likely N-dealkylation sites (tertiary alicyclic amines) is 2. The van der Waals surface area contributed by atoms with Gasteiger partial charge in [0.15, 0.2) is 0 Å². The van der Waals surface area contributed by atoms with E-state index in [4.69, 9.17) is 0 Å². The van der Waals surface area contributed by atoms with Crippen LogP contribution in [-0.4, -0.2) is 57.7 Å². The van der Waals surface area contributed by atoms with Crippen LogP contribution < -0.4 is 0 Å². The molecule has 4 rings (SSSR count). The molecule has 6 nitrogen and oxygen atoms in total. The summed E-state index contributed by atoms with van der Waals surface area (Å²) in [7, 11) is 1.87. The Hall–Kier alpha value is -2.37. The van der Waals surface area contributed by atoms with Gasteiger partial charge in [0, 0.05) is 45.5 Å². The van der Waals surface area contributed by atoms with E-state index in [1.54, 1.807) is 0 Å². The molecule has 2 aromatic rings. The van der Waals surface area contributed by atoms with Crippen LogP contribution in [0.5, 0.6) is 0 Å². The van der Waals surface area contributed by atoms with Crippen LogP contribution in [0.3, 0.4) is 0 Å². The lowest BCUT2D eigenvalue weighted by Crippen LogP contribution is -2.48. The molecule has 0 bridgehead atoms. The normalized spacial score (nSPS) is 23.8. The van der Waals surface area contributed by atoms with Gasteiger partial charge in [-0.25, -0.2) is 4.98 Å². The van der Waals surface area contributed by atoms with Gasteiger partial charge in [-0.15, -0.1) is 0 Å².